The summed E-state index contributed by atoms with van der Waals surface area (Å²) in [7, 11) is 1.82. The van der Waals surface area contributed by atoms with Crippen LogP contribution in [0.1, 0.15) is 5.82 Å². The van der Waals surface area contributed by atoms with Gasteiger partial charge in [-0.15, -0.1) is 0 Å². The minimum Gasteiger partial charge on any atom is -0.361 e. The van der Waals surface area contributed by atoms with Gasteiger partial charge in [-0.05, 0) is 0 Å². The Kier molecular flexibility index (Phi) is 2.77. The predicted octanol–water partition coefficient (Wildman–Crippen LogP) is 0.871. The molecule has 2 rings (SSSR count). The first-order chi connectivity index (χ1) is 7.24. The molecular weight excluding hydrogens is 216 g/mol. The van der Waals surface area contributed by atoms with Gasteiger partial charge in [0.05, 0.1) is 18.9 Å². The summed E-state index contributed by atoms with van der Waals surface area (Å²) in [5.74, 6) is 1.30. The minimum absolute atomic E-state index is 0.356. The Morgan fingerprint density at radius 2 is 2.33 bits per heavy atom. The summed E-state index contributed by atoms with van der Waals surface area (Å²) in [5, 5.41) is 7.48. The smallest absolute Gasteiger partial charge is 0.169 e. The lowest BCUT2D eigenvalue weighted by atomic mass is 10.5. The van der Waals surface area contributed by atoms with Crippen molar-refractivity contribution in [2.24, 2.45) is 7.05 Å². The Balaban J connectivity index is 1.99. The fourth-order valence-electron chi connectivity index (χ4n) is 1.06. The second-order valence-electron chi connectivity index (χ2n) is 2.92. The molecule has 2 heterocycles. The highest BCUT2D eigenvalue weighted by Gasteiger charge is 2.00. The molecule has 0 radical (unpaired) electrons. The van der Waals surface area contributed by atoms with Crippen LogP contribution >= 0.6 is 11.6 Å². The molecule has 0 aliphatic heterocycles. The maximum absolute atomic E-state index is 5.68. The lowest BCUT2D eigenvalue weighted by Crippen LogP contribution is -2.04. The quantitative estimate of drug-likeness (QED) is 0.838. The molecule has 0 fully saturated rings. The van der Waals surface area contributed by atoms with Gasteiger partial charge in [-0.2, -0.15) is 5.10 Å². The third kappa shape index (κ3) is 2.63. The van der Waals surface area contributed by atoms with Gasteiger partial charge in [0.1, 0.15) is 17.3 Å². The van der Waals surface area contributed by atoms with E-state index >= 15 is 0 Å². The van der Waals surface area contributed by atoms with Gasteiger partial charge < -0.3 is 5.32 Å². The van der Waals surface area contributed by atoms with Crippen molar-refractivity contribution in [1.82, 2.24) is 24.7 Å². The van der Waals surface area contributed by atoms with Crippen molar-refractivity contribution < 1.29 is 0 Å². The van der Waals surface area contributed by atoms with Crippen LogP contribution in [0.5, 0.6) is 0 Å². The predicted molar refractivity (Wildman–Crippen MR) is 55.4 cm³/mol. The molecule has 0 spiro atoms. The van der Waals surface area contributed by atoms with E-state index in [2.05, 4.69) is 25.4 Å². The van der Waals surface area contributed by atoms with Crippen LogP contribution in [-0.2, 0) is 13.6 Å². The number of hydrogen-bond acceptors (Lipinski definition) is 5. The van der Waals surface area contributed by atoms with Gasteiger partial charge >= 0.3 is 0 Å². The third-order valence-corrected chi connectivity index (χ3v) is 1.86. The average molecular weight is 225 g/mol. The topological polar surface area (TPSA) is 68.5 Å². The maximum Gasteiger partial charge on any atom is 0.169 e. The van der Waals surface area contributed by atoms with Gasteiger partial charge in [0.25, 0.3) is 0 Å². The van der Waals surface area contributed by atoms with E-state index in [1.54, 1.807) is 17.2 Å². The number of halogens is 1. The Hall–Kier alpha value is -1.69. The number of nitrogens with zero attached hydrogens (tertiary/aromatic N) is 5. The molecule has 0 saturated carbocycles. The van der Waals surface area contributed by atoms with Crippen molar-refractivity contribution in [2.75, 3.05) is 5.32 Å². The number of aryl methyl sites for hydroxylation is 1. The van der Waals surface area contributed by atoms with Crippen LogP contribution in [0.15, 0.2) is 18.7 Å². The first kappa shape index (κ1) is 9.85. The van der Waals surface area contributed by atoms with Crippen LogP contribution < -0.4 is 5.32 Å². The highest BCUT2D eigenvalue weighted by molar-refractivity contribution is 6.29. The SMILES string of the molecule is Cn1cnc(CNc2cncc(Cl)n2)n1. The Bertz CT molecular complexity index is 454. The number of nitrogens with one attached hydrogen (secondary N) is 1. The van der Waals surface area contributed by atoms with Crippen LogP contribution in [0.3, 0.4) is 0 Å². The largest absolute Gasteiger partial charge is 0.361 e. The molecule has 1 N–H and O–H groups in total. The zero-order valence-electron chi connectivity index (χ0n) is 8.05. The number of rotatable bonds is 3. The maximum atomic E-state index is 5.68. The zero-order chi connectivity index (χ0) is 10.7. The lowest BCUT2D eigenvalue weighted by molar-refractivity contribution is 0.747. The van der Waals surface area contributed by atoms with Crippen LogP contribution in [0, 0.1) is 0 Å². The Morgan fingerprint density at radius 1 is 1.47 bits per heavy atom. The third-order valence-electron chi connectivity index (χ3n) is 1.68. The fraction of sp³-hybridized carbons (Fsp3) is 0.250. The molecule has 0 aliphatic rings. The summed E-state index contributed by atoms with van der Waals surface area (Å²) in [6, 6.07) is 0. The Morgan fingerprint density at radius 3 is 3.00 bits per heavy atom. The van der Waals surface area contributed by atoms with Gasteiger partial charge in [-0.3, -0.25) is 9.67 Å². The zero-order valence-corrected chi connectivity index (χ0v) is 8.81. The minimum atomic E-state index is 0.356. The molecular formula is C8H9ClN6. The van der Waals surface area contributed by atoms with Crippen molar-refractivity contribution in [1.29, 1.82) is 0 Å². The van der Waals surface area contributed by atoms with Gasteiger partial charge in [0.15, 0.2) is 5.82 Å². The van der Waals surface area contributed by atoms with E-state index in [1.807, 2.05) is 7.05 Å². The first-order valence-corrected chi connectivity index (χ1v) is 4.68. The Labute approximate surface area is 91.3 Å². The van der Waals surface area contributed by atoms with E-state index < -0.39 is 0 Å². The van der Waals surface area contributed by atoms with E-state index in [9.17, 15) is 0 Å². The van der Waals surface area contributed by atoms with E-state index in [0.717, 1.165) is 0 Å². The molecule has 78 valence electrons. The van der Waals surface area contributed by atoms with E-state index in [1.165, 1.54) is 6.20 Å². The number of aromatic nitrogens is 5. The van der Waals surface area contributed by atoms with Gasteiger partial charge in [-0.1, -0.05) is 11.6 Å². The van der Waals surface area contributed by atoms with Crippen LogP contribution in [0.2, 0.25) is 5.15 Å². The highest BCUT2D eigenvalue weighted by Crippen LogP contribution is 2.07. The lowest BCUT2D eigenvalue weighted by Gasteiger charge is -2.01. The summed E-state index contributed by atoms with van der Waals surface area (Å²) in [6.45, 7) is 0.496. The van der Waals surface area contributed by atoms with Crippen molar-refractivity contribution in [3.05, 3.63) is 29.7 Å². The second kappa shape index (κ2) is 4.22. The summed E-state index contributed by atoms with van der Waals surface area (Å²) in [4.78, 5) is 12.0. The molecule has 15 heavy (non-hydrogen) atoms. The van der Waals surface area contributed by atoms with Crippen molar-refractivity contribution in [2.45, 2.75) is 6.54 Å². The normalized spacial score (nSPS) is 10.3. The summed E-state index contributed by atoms with van der Waals surface area (Å²) >= 11 is 5.68. The number of anilines is 1. The van der Waals surface area contributed by atoms with E-state index in [0.29, 0.717) is 23.3 Å². The van der Waals surface area contributed by atoms with Crippen LogP contribution in [-0.4, -0.2) is 24.7 Å². The molecule has 0 bridgehead atoms. The number of hydrogen-bond donors (Lipinski definition) is 1. The molecule has 2 aromatic rings. The van der Waals surface area contributed by atoms with Crippen molar-refractivity contribution >= 4 is 17.4 Å². The van der Waals surface area contributed by atoms with E-state index in [4.69, 9.17) is 11.6 Å². The molecule has 2 aromatic heterocycles. The molecule has 6 nitrogen and oxygen atoms in total. The van der Waals surface area contributed by atoms with Gasteiger partial charge in [-0.25, -0.2) is 9.97 Å². The van der Waals surface area contributed by atoms with Gasteiger partial charge in [0.2, 0.25) is 0 Å². The fourth-order valence-corrected chi connectivity index (χ4v) is 1.21. The summed E-state index contributed by atoms with van der Waals surface area (Å²) in [5.41, 5.74) is 0. The molecule has 0 saturated heterocycles. The first-order valence-electron chi connectivity index (χ1n) is 4.30. The standard InChI is InChI=1S/C8H9ClN6/c1-15-5-12-8(14-15)4-11-7-3-10-2-6(9)13-7/h2-3,5H,4H2,1H3,(H,11,13). The summed E-state index contributed by atoms with van der Waals surface area (Å²) in [6.07, 6.45) is 4.71. The average Bonchev–Trinajstić information content (AvgIpc) is 2.62. The van der Waals surface area contributed by atoms with Crippen LogP contribution in [0.4, 0.5) is 5.82 Å². The van der Waals surface area contributed by atoms with Crippen LogP contribution in [0.25, 0.3) is 0 Å². The van der Waals surface area contributed by atoms with Crippen molar-refractivity contribution in [3.8, 4) is 0 Å². The monoisotopic (exact) mass is 224 g/mol. The van der Waals surface area contributed by atoms with Gasteiger partial charge in [0, 0.05) is 7.05 Å². The molecule has 7 heteroatoms. The van der Waals surface area contributed by atoms with E-state index in [-0.39, 0.29) is 0 Å². The second-order valence-corrected chi connectivity index (χ2v) is 3.30. The molecule has 0 atom stereocenters. The summed E-state index contributed by atoms with van der Waals surface area (Å²) < 4.78 is 1.64. The molecule has 0 aliphatic carbocycles. The molecule has 0 aromatic carbocycles. The highest BCUT2D eigenvalue weighted by atomic mass is 35.5. The molecule has 0 unspecified atom stereocenters. The molecule has 0 amide bonds. The van der Waals surface area contributed by atoms with Crippen molar-refractivity contribution in [3.63, 3.8) is 0 Å².